The van der Waals surface area contributed by atoms with E-state index < -0.39 is 5.97 Å². The molecule has 1 unspecified atom stereocenters. The van der Waals surface area contributed by atoms with E-state index in [1.807, 2.05) is 6.92 Å². The van der Waals surface area contributed by atoms with E-state index in [-0.39, 0.29) is 18.5 Å². The second-order valence-corrected chi connectivity index (χ2v) is 5.34. The number of carboxylic acids is 1. The molecule has 1 aliphatic carbocycles. The lowest BCUT2D eigenvalue weighted by Gasteiger charge is -2.27. The molecule has 0 radical (unpaired) electrons. The lowest BCUT2D eigenvalue weighted by atomic mass is 10.2. The maximum Gasteiger partial charge on any atom is 0.317 e. The van der Waals surface area contributed by atoms with Gasteiger partial charge in [-0.25, -0.2) is 4.79 Å². The Bertz CT molecular complexity index is 318. The monoisotopic (exact) mass is 286 g/mol. The topological polar surface area (TPSA) is 78.9 Å². The molecule has 1 rings (SSSR count). The van der Waals surface area contributed by atoms with E-state index in [1.165, 1.54) is 12.8 Å². The summed E-state index contributed by atoms with van der Waals surface area (Å²) in [5, 5.41) is 11.6. The second-order valence-electron chi connectivity index (χ2n) is 5.34. The number of carboxylic acid groups (broad SMARTS) is 1. The average molecular weight is 286 g/mol. The standard InChI is InChI=1S/C14H26N2O4/c1-3-16(11(2)9-13(17)18)14(19)15-7-4-8-20-10-12-5-6-12/h11-12H,3-10H2,1-2H3,(H,15,19)(H,17,18). The van der Waals surface area contributed by atoms with Crippen molar-refractivity contribution < 1.29 is 19.4 Å². The molecule has 0 heterocycles. The first kappa shape index (κ1) is 16.8. The molecule has 1 saturated carbocycles. The summed E-state index contributed by atoms with van der Waals surface area (Å²) >= 11 is 0. The maximum absolute atomic E-state index is 11.9. The third-order valence-electron chi connectivity index (χ3n) is 3.40. The average Bonchev–Trinajstić information content (AvgIpc) is 3.17. The largest absolute Gasteiger partial charge is 0.481 e. The maximum atomic E-state index is 11.9. The van der Waals surface area contributed by atoms with Crippen molar-refractivity contribution in [1.82, 2.24) is 10.2 Å². The van der Waals surface area contributed by atoms with Crippen LogP contribution in [0.1, 0.15) is 39.5 Å². The summed E-state index contributed by atoms with van der Waals surface area (Å²) in [6.07, 6.45) is 3.31. The summed E-state index contributed by atoms with van der Waals surface area (Å²) in [4.78, 5) is 24.1. The Kier molecular flexibility index (Phi) is 7.36. The number of carbonyl (C=O) groups excluding carboxylic acids is 1. The molecule has 0 bridgehead atoms. The van der Waals surface area contributed by atoms with Gasteiger partial charge in [-0.05, 0) is 39.0 Å². The van der Waals surface area contributed by atoms with Crippen LogP contribution in [-0.2, 0) is 9.53 Å². The van der Waals surface area contributed by atoms with Crippen molar-refractivity contribution in [3.05, 3.63) is 0 Å². The molecule has 2 N–H and O–H groups in total. The highest BCUT2D eigenvalue weighted by Crippen LogP contribution is 2.28. The van der Waals surface area contributed by atoms with Gasteiger partial charge in [-0.15, -0.1) is 0 Å². The number of rotatable bonds is 10. The van der Waals surface area contributed by atoms with Gasteiger partial charge in [0, 0.05) is 32.3 Å². The van der Waals surface area contributed by atoms with E-state index >= 15 is 0 Å². The minimum absolute atomic E-state index is 0.0360. The Morgan fingerprint density at radius 2 is 2.15 bits per heavy atom. The molecule has 20 heavy (non-hydrogen) atoms. The first-order valence-electron chi connectivity index (χ1n) is 7.38. The zero-order valence-corrected chi connectivity index (χ0v) is 12.4. The molecule has 0 aromatic rings. The molecule has 116 valence electrons. The molecular weight excluding hydrogens is 260 g/mol. The summed E-state index contributed by atoms with van der Waals surface area (Å²) in [6.45, 7) is 6.14. The van der Waals surface area contributed by atoms with Crippen molar-refractivity contribution in [1.29, 1.82) is 0 Å². The first-order valence-corrected chi connectivity index (χ1v) is 7.38. The van der Waals surface area contributed by atoms with Gasteiger partial charge in [0.05, 0.1) is 6.42 Å². The predicted molar refractivity (Wildman–Crippen MR) is 75.7 cm³/mol. The summed E-state index contributed by atoms with van der Waals surface area (Å²) in [5.74, 6) is -0.130. The van der Waals surface area contributed by atoms with Crippen LogP contribution in [0, 0.1) is 5.92 Å². The molecule has 6 heteroatoms. The van der Waals surface area contributed by atoms with Gasteiger partial charge in [0.25, 0.3) is 0 Å². The zero-order valence-electron chi connectivity index (χ0n) is 12.4. The van der Waals surface area contributed by atoms with Crippen LogP contribution in [0.25, 0.3) is 0 Å². The van der Waals surface area contributed by atoms with Crippen LogP contribution in [-0.4, -0.2) is 54.4 Å². The number of nitrogens with one attached hydrogen (secondary N) is 1. The number of carbonyl (C=O) groups is 2. The summed E-state index contributed by atoms with van der Waals surface area (Å²) in [5.41, 5.74) is 0. The quantitative estimate of drug-likeness (QED) is 0.599. The Balaban J connectivity index is 2.12. The Hall–Kier alpha value is -1.30. The molecule has 2 amide bonds. The molecule has 1 aliphatic rings. The lowest BCUT2D eigenvalue weighted by molar-refractivity contribution is -0.138. The zero-order chi connectivity index (χ0) is 15.0. The Morgan fingerprint density at radius 1 is 1.45 bits per heavy atom. The smallest absolute Gasteiger partial charge is 0.317 e. The van der Waals surface area contributed by atoms with Crippen LogP contribution in [0.4, 0.5) is 4.79 Å². The molecule has 1 fully saturated rings. The third kappa shape index (κ3) is 6.75. The van der Waals surface area contributed by atoms with Gasteiger partial charge in [-0.2, -0.15) is 0 Å². The van der Waals surface area contributed by atoms with Crippen molar-refractivity contribution in [3.63, 3.8) is 0 Å². The van der Waals surface area contributed by atoms with E-state index in [1.54, 1.807) is 11.8 Å². The van der Waals surface area contributed by atoms with Crippen molar-refractivity contribution in [2.75, 3.05) is 26.3 Å². The molecule has 0 saturated heterocycles. The SMILES string of the molecule is CCN(C(=O)NCCCOCC1CC1)C(C)CC(=O)O. The number of aliphatic carboxylic acids is 1. The minimum atomic E-state index is -0.891. The fraction of sp³-hybridized carbons (Fsp3) is 0.857. The number of hydrogen-bond acceptors (Lipinski definition) is 3. The first-order chi connectivity index (χ1) is 9.54. The van der Waals surface area contributed by atoms with E-state index in [9.17, 15) is 9.59 Å². The summed E-state index contributed by atoms with van der Waals surface area (Å²) < 4.78 is 5.48. The van der Waals surface area contributed by atoms with Crippen molar-refractivity contribution in [2.24, 2.45) is 5.92 Å². The molecule has 0 aromatic carbocycles. The molecule has 0 spiro atoms. The van der Waals surface area contributed by atoms with Crippen LogP contribution in [0.15, 0.2) is 0 Å². The van der Waals surface area contributed by atoms with E-state index in [0.717, 1.165) is 18.9 Å². The van der Waals surface area contributed by atoms with Crippen LogP contribution in [0.2, 0.25) is 0 Å². The van der Waals surface area contributed by atoms with Crippen LogP contribution in [0.3, 0.4) is 0 Å². The van der Waals surface area contributed by atoms with Gasteiger partial charge in [-0.3, -0.25) is 4.79 Å². The van der Waals surface area contributed by atoms with Crippen LogP contribution >= 0.6 is 0 Å². The van der Waals surface area contributed by atoms with Gasteiger partial charge in [0.15, 0.2) is 0 Å². The lowest BCUT2D eigenvalue weighted by Crippen LogP contribution is -2.46. The second kappa shape index (κ2) is 8.79. The van der Waals surface area contributed by atoms with Crippen LogP contribution < -0.4 is 5.32 Å². The highest BCUT2D eigenvalue weighted by Gasteiger charge is 2.21. The number of hydrogen-bond donors (Lipinski definition) is 2. The van der Waals surface area contributed by atoms with Crippen LogP contribution in [0.5, 0.6) is 0 Å². The van der Waals surface area contributed by atoms with Crippen molar-refractivity contribution >= 4 is 12.0 Å². The molecular formula is C14H26N2O4. The Morgan fingerprint density at radius 3 is 2.70 bits per heavy atom. The fourth-order valence-corrected chi connectivity index (χ4v) is 2.02. The Labute approximate surface area is 120 Å². The number of nitrogens with zero attached hydrogens (tertiary/aromatic N) is 1. The third-order valence-corrected chi connectivity index (χ3v) is 3.40. The summed E-state index contributed by atoms with van der Waals surface area (Å²) in [6, 6.07) is -0.507. The molecule has 0 aromatic heterocycles. The molecule has 6 nitrogen and oxygen atoms in total. The normalized spacial score (nSPS) is 15.7. The van der Waals surface area contributed by atoms with Gasteiger partial charge < -0.3 is 20.1 Å². The fourth-order valence-electron chi connectivity index (χ4n) is 2.02. The number of ether oxygens (including phenoxy) is 1. The number of amides is 2. The van der Waals surface area contributed by atoms with Gasteiger partial charge in [0.1, 0.15) is 0 Å². The highest BCUT2D eigenvalue weighted by molar-refractivity contribution is 5.75. The van der Waals surface area contributed by atoms with Crippen molar-refractivity contribution in [3.8, 4) is 0 Å². The minimum Gasteiger partial charge on any atom is -0.481 e. The molecule has 0 aliphatic heterocycles. The van der Waals surface area contributed by atoms with Gasteiger partial charge in [-0.1, -0.05) is 0 Å². The summed E-state index contributed by atoms with van der Waals surface area (Å²) in [7, 11) is 0. The number of urea groups is 1. The van der Waals surface area contributed by atoms with Crippen molar-refractivity contribution in [2.45, 2.75) is 45.6 Å². The van der Waals surface area contributed by atoms with Gasteiger partial charge in [0.2, 0.25) is 0 Å². The van der Waals surface area contributed by atoms with E-state index in [2.05, 4.69) is 5.32 Å². The van der Waals surface area contributed by atoms with E-state index in [0.29, 0.717) is 19.7 Å². The molecule has 1 atom stereocenters. The van der Waals surface area contributed by atoms with E-state index in [4.69, 9.17) is 9.84 Å². The van der Waals surface area contributed by atoms with Gasteiger partial charge >= 0.3 is 12.0 Å². The predicted octanol–water partition coefficient (Wildman–Crippen LogP) is 1.70. The highest BCUT2D eigenvalue weighted by atomic mass is 16.5.